The Morgan fingerprint density at radius 2 is 2.06 bits per heavy atom. The third kappa shape index (κ3) is 3.12. The first-order chi connectivity index (χ1) is 8.32. The van der Waals surface area contributed by atoms with Crippen LogP contribution in [0.3, 0.4) is 0 Å². The molecule has 1 N–H and O–H groups in total. The van der Waals surface area contributed by atoms with Crippen LogP contribution in [-0.4, -0.2) is 47.4 Å². The van der Waals surface area contributed by atoms with E-state index in [0.29, 0.717) is 6.04 Å². The maximum Gasteiger partial charge on any atom is 0.0624 e. The van der Waals surface area contributed by atoms with Crippen molar-refractivity contribution in [3.05, 3.63) is 17.5 Å². The molecule has 1 heterocycles. The molecule has 1 rings (SSSR count). The molecule has 0 aromatic carbocycles. The molecule has 1 aromatic rings. The highest BCUT2D eigenvalue weighted by Gasteiger charge is 2.31. The van der Waals surface area contributed by atoms with Crippen LogP contribution in [0.15, 0.2) is 6.07 Å². The van der Waals surface area contributed by atoms with Gasteiger partial charge in [-0.25, -0.2) is 0 Å². The molecule has 0 radical (unpaired) electrons. The van der Waals surface area contributed by atoms with Crippen LogP contribution < -0.4 is 5.32 Å². The van der Waals surface area contributed by atoms with Gasteiger partial charge in [0.05, 0.1) is 5.69 Å². The van der Waals surface area contributed by atoms with Crippen molar-refractivity contribution in [3.63, 3.8) is 0 Å². The first-order valence-corrected chi connectivity index (χ1v) is 6.69. The smallest absolute Gasteiger partial charge is 0.0624 e. The van der Waals surface area contributed by atoms with E-state index in [9.17, 15) is 0 Å². The van der Waals surface area contributed by atoms with Crippen LogP contribution in [0.1, 0.15) is 32.2 Å². The molecule has 0 spiro atoms. The molecule has 104 valence electrons. The van der Waals surface area contributed by atoms with E-state index >= 15 is 0 Å². The number of rotatable bonds is 6. The minimum atomic E-state index is 0.103. The van der Waals surface area contributed by atoms with Crippen molar-refractivity contribution in [3.8, 4) is 0 Å². The first-order valence-electron chi connectivity index (χ1n) is 6.69. The van der Waals surface area contributed by atoms with Gasteiger partial charge in [-0.2, -0.15) is 5.10 Å². The van der Waals surface area contributed by atoms with Gasteiger partial charge in [0, 0.05) is 30.7 Å². The largest absolute Gasteiger partial charge is 0.315 e. The maximum absolute atomic E-state index is 4.52. The molecule has 0 aliphatic carbocycles. The topological polar surface area (TPSA) is 33.1 Å². The number of hydrogen-bond donors (Lipinski definition) is 1. The number of aromatic nitrogens is 2. The number of aryl methyl sites for hydroxylation is 2. The van der Waals surface area contributed by atoms with Gasteiger partial charge in [-0.3, -0.25) is 4.68 Å². The van der Waals surface area contributed by atoms with Gasteiger partial charge in [0.1, 0.15) is 0 Å². The number of hydrogen-bond acceptors (Lipinski definition) is 3. The summed E-state index contributed by atoms with van der Waals surface area (Å²) in [7, 11) is 8.33. The Morgan fingerprint density at radius 3 is 2.44 bits per heavy atom. The van der Waals surface area contributed by atoms with E-state index in [4.69, 9.17) is 0 Å². The van der Waals surface area contributed by atoms with E-state index in [1.807, 2.05) is 18.8 Å². The van der Waals surface area contributed by atoms with Crippen molar-refractivity contribution in [2.45, 2.75) is 45.2 Å². The lowest BCUT2D eigenvalue weighted by molar-refractivity contribution is 0.140. The molecule has 0 saturated carbocycles. The molecule has 0 amide bonds. The molecule has 4 heteroatoms. The average Bonchev–Trinajstić information content (AvgIpc) is 2.66. The number of likely N-dealkylation sites (N-methyl/N-ethyl adjacent to an activating group) is 2. The van der Waals surface area contributed by atoms with Gasteiger partial charge in [-0.05, 0) is 47.5 Å². The van der Waals surface area contributed by atoms with Gasteiger partial charge in [-0.15, -0.1) is 0 Å². The average molecular weight is 252 g/mol. The molecule has 0 saturated heterocycles. The second-order valence-electron chi connectivity index (χ2n) is 5.70. The summed E-state index contributed by atoms with van der Waals surface area (Å²) in [6, 6.07) is 2.61. The minimum absolute atomic E-state index is 0.103. The molecule has 1 atom stereocenters. The molecule has 0 bridgehead atoms. The third-order valence-electron chi connectivity index (χ3n) is 4.16. The summed E-state index contributed by atoms with van der Waals surface area (Å²) >= 11 is 0. The van der Waals surface area contributed by atoms with Crippen molar-refractivity contribution in [1.82, 2.24) is 20.0 Å². The zero-order valence-electron chi connectivity index (χ0n) is 12.9. The highest BCUT2D eigenvalue weighted by Crippen LogP contribution is 2.19. The molecule has 4 nitrogen and oxygen atoms in total. The van der Waals surface area contributed by atoms with Crippen LogP contribution in [-0.2, 0) is 19.9 Å². The summed E-state index contributed by atoms with van der Waals surface area (Å²) in [5.74, 6) is 0. The summed E-state index contributed by atoms with van der Waals surface area (Å²) in [5, 5.41) is 7.96. The summed E-state index contributed by atoms with van der Waals surface area (Å²) in [6.45, 7) is 6.68. The quantitative estimate of drug-likeness (QED) is 0.832. The SMILES string of the molecule is CCc1cc(CC(NC)C(C)(C)N(C)C)n(C)n1. The zero-order chi connectivity index (χ0) is 13.9. The van der Waals surface area contributed by atoms with Crippen LogP contribution in [0.5, 0.6) is 0 Å². The van der Waals surface area contributed by atoms with Gasteiger partial charge in [0.15, 0.2) is 0 Å². The van der Waals surface area contributed by atoms with Gasteiger partial charge in [0.25, 0.3) is 0 Å². The number of nitrogens with one attached hydrogen (secondary N) is 1. The standard InChI is InChI=1S/C14H28N4/c1-8-11-9-12(18(7)16-11)10-13(15-4)14(2,3)17(5)6/h9,13,15H,8,10H2,1-7H3. The lowest BCUT2D eigenvalue weighted by Gasteiger charge is -2.40. The molecule has 1 aromatic heterocycles. The molecular weight excluding hydrogens is 224 g/mol. The first kappa shape index (κ1) is 15.2. The predicted molar refractivity (Wildman–Crippen MR) is 76.9 cm³/mol. The lowest BCUT2D eigenvalue weighted by Crippen LogP contribution is -2.55. The molecule has 1 unspecified atom stereocenters. The second kappa shape index (κ2) is 5.85. The molecule has 0 aliphatic rings. The maximum atomic E-state index is 4.52. The Bertz CT molecular complexity index is 379. The van der Waals surface area contributed by atoms with E-state index < -0.39 is 0 Å². The van der Waals surface area contributed by atoms with Gasteiger partial charge in [0.2, 0.25) is 0 Å². The highest BCUT2D eigenvalue weighted by atomic mass is 15.3. The highest BCUT2D eigenvalue weighted by molar-refractivity contribution is 5.13. The Kier molecular flexibility index (Phi) is 4.93. The Balaban J connectivity index is 2.89. The van der Waals surface area contributed by atoms with Crippen LogP contribution in [0.25, 0.3) is 0 Å². The van der Waals surface area contributed by atoms with Crippen molar-refractivity contribution in [1.29, 1.82) is 0 Å². The summed E-state index contributed by atoms with van der Waals surface area (Å²) < 4.78 is 2.01. The van der Waals surface area contributed by atoms with Crippen molar-refractivity contribution in [2.24, 2.45) is 7.05 Å². The van der Waals surface area contributed by atoms with E-state index in [-0.39, 0.29) is 5.54 Å². The zero-order valence-corrected chi connectivity index (χ0v) is 12.9. The molecule has 0 fully saturated rings. The van der Waals surface area contributed by atoms with E-state index in [1.165, 1.54) is 11.4 Å². The summed E-state index contributed by atoms with van der Waals surface area (Å²) in [4.78, 5) is 2.27. The minimum Gasteiger partial charge on any atom is -0.315 e. The van der Waals surface area contributed by atoms with Crippen LogP contribution in [0.2, 0.25) is 0 Å². The van der Waals surface area contributed by atoms with E-state index in [2.05, 4.69) is 56.2 Å². The van der Waals surface area contributed by atoms with Crippen LogP contribution in [0.4, 0.5) is 0 Å². The van der Waals surface area contributed by atoms with E-state index in [1.54, 1.807) is 0 Å². The fourth-order valence-electron chi connectivity index (χ4n) is 2.16. The van der Waals surface area contributed by atoms with Gasteiger partial charge >= 0.3 is 0 Å². The fourth-order valence-corrected chi connectivity index (χ4v) is 2.16. The van der Waals surface area contributed by atoms with Gasteiger partial charge < -0.3 is 10.2 Å². The van der Waals surface area contributed by atoms with Crippen molar-refractivity contribution in [2.75, 3.05) is 21.1 Å². The molecule has 0 aliphatic heterocycles. The third-order valence-corrected chi connectivity index (χ3v) is 4.16. The predicted octanol–water partition coefficient (Wildman–Crippen LogP) is 1.45. The Hall–Kier alpha value is -0.870. The molecular formula is C14H28N4. The van der Waals surface area contributed by atoms with Crippen molar-refractivity contribution >= 4 is 0 Å². The van der Waals surface area contributed by atoms with Crippen LogP contribution >= 0.6 is 0 Å². The molecule has 18 heavy (non-hydrogen) atoms. The fraction of sp³-hybridized carbons (Fsp3) is 0.786. The summed E-state index contributed by atoms with van der Waals surface area (Å²) in [6.07, 6.45) is 1.99. The second-order valence-corrected chi connectivity index (χ2v) is 5.70. The van der Waals surface area contributed by atoms with E-state index in [0.717, 1.165) is 12.8 Å². The normalized spacial score (nSPS) is 14.2. The summed E-state index contributed by atoms with van der Waals surface area (Å²) in [5.41, 5.74) is 2.57. The van der Waals surface area contributed by atoms with Crippen molar-refractivity contribution < 1.29 is 0 Å². The number of nitrogens with zero attached hydrogens (tertiary/aromatic N) is 3. The lowest BCUT2D eigenvalue weighted by atomic mass is 9.89. The van der Waals surface area contributed by atoms with Crippen LogP contribution in [0, 0.1) is 0 Å². The monoisotopic (exact) mass is 252 g/mol. The Morgan fingerprint density at radius 1 is 1.44 bits per heavy atom. The Labute approximate surface area is 111 Å². The van der Waals surface area contributed by atoms with Gasteiger partial charge in [-0.1, -0.05) is 6.92 Å².